The average Bonchev–Trinajstić information content (AvgIpc) is 2.42. The SMILES string of the molecule is C[C@@H]1CCCO[C@@]1(O)CC(=O)N1CCCC[C@H]1C(=O)O. The molecule has 114 valence electrons. The van der Waals surface area contributed by atoms with Gasteiger partial charge in [0.1, 0.15) is 6.04 Å². The number of ether oxygens (including phenoxy) is 1. The number of likely N-dealkylation sites (tertiary alicyclic amines) is 1. The minimum atomic E-state index is -1.45. The van der Waals surface area contributed by atoms with Crippen molar-refractivity contribution in [2.45, 2.75) is 57.3 Å². The number of nitrogens with zero attached hydrogens (tertiary/aromatic N) is 1. The number of aliphatic carboxylic acids is 1. The molecule has 20 heavy (non-hydrogen) atoms. The summed E-state index contributed by atoms with van der Waals surface area (Å²) in [7, 11) is 0. The molecular weight excluding hydrogens is 262 g/mol. The Morgan fingerprint density at radius 3 is 2.70 bits per heavy atom. The summed E-state index contributed by atoms with van der Waals surface area (Å²) < 4.78 is 5.40. The lowest BCUT2D eigenvalue weighted by Gasteiger charge is -2.40. The van der Waals surface area contributed by atoms with Crippen LogP contribution >= 0.6 is 0 Å². The molecule has 0 aliphatic carbocycles. The maximum Gasteiger partial charge on any atom is 0.326 e. The number of rotatable bonds is 3. The summed E-state index contributed by atoms with van der Waals surface area (Å²) in [6.45, 7) is 2.74. The van der Waals surface area contributed by atoms with E-state index in [9.17, 15) is 19.8 Å². The molecule has 0 unspecified atom stereocenters. The Bertz CT molecular complexity index is 386. The fourth-order valence-corrected chi connectivity index (χ4v) is 3.04. The van der Waals surface area contributed by atoms with E-state index in [2.05, 4.69) is 0 Å². The first-order valence-corrected chi connectivity index (χ1v) is 7.32. The molecule has 2 saturated heterocycles. The molecule has 2 heterocycles. The van der Waals surface area contributed by atoms with Crippen LogP contribution in [0.15, 0.2) is 0 Å². The molecule has 0 aromatic carbocycles. The molecular formula is C14H23NO5. The van der Waals surface area contributed by atoms with Crippen LogP contribution in [0.3, 0.4) is 0 Å². The van der Waals surface area contributed by atoms with Crippen molar-refractivity contribution in [3.8, 4) is 0 Å². The first kappa shape index (κ1) is 15.3. The van der Waals surface area contributed by atoms with Gasteiger partial charge in [-0.3, -0.25) is 4.79 Å². The van der Waals surface area contributed by atoms with Crippen LogP contribution in [0.5, 0.6) is 0 Å². The third-order valence-corrected chi connectivity index (χ3v) is 4.42. The van der Waals surface area contributed by atoms with E-state index in [-0.39, 0.29) is 18.2 Å². The van der Waals surface area contributed by atoms with Gasteiger partial charge in [0.25, 0.3) is 0 Å². The Morgan fingerprint density at radius 1 is 1.30 bits per heavy atom. The molecule has 0 spiro atoms. The number of carboxylic acids is 1. The average molecular weight is 285 g/mol. The highest BCUT2D eigenvalue weighted by molar-refractivity contribution is 5.84. The van der Waals surface area contributed by atoms with E-state index in [0.717, 1.165) is 25.7 Å². The Kier molecular flexibility index (Phi) is 4.65. The summed E-state index contributed by atoms with van der Waals surface area (Å²) in [5.41, 5.74) is 0. The van der Waals surface area contributed by atoms with E-state index in [0.29, 0.717) is 19.6 Å². The quantitative estimate of drug-likeness (QED) is 0.807. The zero-order chi connectivity index (χ0) is 14.8. The summed E-state index contributed by atoms with van der Waals surface area (Å²) in [5.74, 6) is -2.86. The van der Waals surface area contributed by atoms with Gasteiger partial charge in [0.2, 0.25) is 5.91 Å². The van der Waals surface area contributed by atoms with Crippen molar-refractivity contribution >= 4 is 11.9 Å². The van der Waals surface area contributed by atoms with Crippen LogP contribution in [0.4, 0.5) is 0 Å². The predicted octanol–water partition coefficient (Wildman–Crippen LogP) is 0.977. The first-order valence-electron chi connectivity index (χ1n) is 7.32. The molecule has 0 radical (unpaired) electrons. The van der Waals surface area contributed by atoms with Crippen molar-refractivity contribution in [3.63, 3.8) is 0 Å². The predicted molar refractivity (Wildman–Crippen MR) is 70.9 cm³/mol. The summed E-state index contributed by atoms with van der Waals surface area (Å²) in [6.07, 6.45) is 3.64. The van der Waals surface area contributed by atoms with Gasteiger partial charge in [-0.05, 0) is 32.1 Å². The summed E-state index contributed by atoms with van der Waals surface area (Å²) >= 11 is 0. The summed E-state index contributed by atoms with van der Waals surface area (Å²) in [5, 5.41) is 19.6. The van der Waals surface area contributed by atoms with Gasteiger partial charge in [-0.25, -0.2) is 4.79 Å². The molecule has 6 nitrogen and oxygen atoms in total. The second-order valence-corrected chi connectivity index (χ2v) is 5.85. The molecule has 0 aromatic heterocycles. The van der Waals surface area contributed by atoms with E-state index in [4.69, 9.17) is 4.74 Å². The third kappa shape index (κ3) is 3.12. The number of piperidine rings is 1. The molecule has 0 bridgehead atoms. The highest BCUT2D eigenvalue weighted by Gasteiger charge is 2.42. The lowest BCUT2D eigenvalue weighted by molar-refractivity contribution is -0.255. The number of hydrogen-bond acceptors (Lipinski definition) is 4. The van der Waals surface area contributed by atoms with E-state index in [1.54, 1.807) is 0 Å². The van der Waals surface area contributed by atoms with Crippen molar-refractivity contribution < 1.29 is 24.5 Å². The summed E-state index contributed by atoms with van der Waals surface area (Å²) in [6, 6.07) is -0.765. The zero-order valence-corrected chi connectivity index (χ0v) is 11.9. The number of carbonyl (C=O) groups is 2. The van der Waals surface area contributed by atoms with Crippen LogP contribution in [-0.2, 0) is 14.3 Å². The van der Waals surface area contributed by atoms with Gasteiger partial charge in [0.15, 0.2) is 5.79 Å². The van der Waals surface area contributed by atoms with Gasteiger partial charge in [0, 0.05) is 12.5 Å². The van der Waals surface area contributed by atoms with Gasteiger partial charge in [-0.2, -0.15) is 0 Å². The molecule has 2 rings (SSSR count). The number of amides is 1. The lowest BCUT2D eigenvalue weighted by Crippen LogP contribution is -2.52. The standard InChI is InChI=1S/C14H23NO5/c1-10-5-4-8-20-14(10,19)9-12(16)15-7-3-2-6-11(15)13(17)18/h10-11,19H,2-9H2,1H3,(H,17,18)/t10-,11+,14+/m1/s1. The van der Waals surface area contributed by atoms with E-state index < -0.39 is 17.8 Å². The van der Waals surface area contributed by atoms with Crippen LogP contribution in [-0.4, -0.2) is 52.0 Å². The molecule has 0 aromatic rings. The monoisotopic (exact) mass is 285 g/mol. The van der Waals surface area contributed by atoms with Crippen molar-refractivity contribution in [3.05, 3.63) is 0 Å². The molecule has 2 aliphatic heterocycles. The Labute approximate surface area is 118 Å². The van der Waals surface area contributed by atoms with Crippen LogP contribution in [0, 0.1) is 5.92 Å². The molecule has 2 aliphatic rings. The first-order chi connectivity index (χ1) is 9.44. The van der Waals surface area contributed by atoms with E-state index >= 15 is 0 Å². The van der Waals surface area contributed by atoms with E-state index in [1.807, 2.05) is 6.92 Å². The number of aliphatic hydroxyl groups is 1. The molecule has 6 heteroatoms. The Hall–Kier alpha value is -1.14. The molecule has 0 saturated carbocycles. The Balaban J connectivity index is 2.04. The number of carboxylic acid groups (broad SMARTS) is 1. The van der Waals surface area contributed by atoms with Crippen molar-refractivity contribution in [1.82, 2.24) is 4.90 Å². The van der Waals surface area contributed by atoms with Gasteiger partial charge >= 0.3 is 5.97 Å². The smallest absolute Gasteiger partial charge is 0.326 e. The zero-order valence-electron chi connectivity index (χ0n) is 11.9. The van der Waals surface area contributed by atoms with Crippen molar-refractivity contribution in [2.75, 3.05) is 13.2 Å². The van der Waals surface area contributed by atoms with Crippen LogP contribution < -0.4 is 0 Å². The fourth-order valence-electron chi connectivity index (χ4n) is 3.04. The van der Waals surface area contributed by atoms with Gasteiger partial charge < -0.3 is 19.8 Å². The molecule has 2 fully saturated rings. The number of hydrogen-bond donors (Lipinski definition) is 2. The fraction of sp³-hybridized carbons (Fsp3) is 0.857. The van der Waals surface area contributed by atoms with Crippen LogP contribution in [0.25, 0.3) is 0 Å². The van der Waals surface area contributed by atoms with Crippen LogP contribution in [0.2, 0.25) is 0 Å². The van der Waals surface area contributed by atoms with Crippen molar-refractivity contribution in [2.24, 2.45) is 5.92 Å². The topological polar surface area (TPSA) is 87.1 Å². The highest BCUT2D eigenvalue weighted by Crippen LogP contribution is 2.32. The molecule has 2 N–H and O–H groups in total. The third-order valence-electron chi connectivity index (χ3n) is 4.42. The normalized spacial score (nSPS) is 34.8. The van der Waals surface area contributed by atoms with Gasteiger partial charge in [-0.1, -0.05) is 6.92 Å². The van der Waals surface area contributed by atoms with Crippen molar-refractivity contribution in [1.29, 1.82) is 0 Å². The second-order valence-electron chi connectivity index (χ2n) is 5.85. The van der Waals surface area contributed by atoms with E-state index in [1.165, 1.54) is 4.90 Å². The second kappa shape index (κ2) is 6.10. The highest BCUT2D eigenvalue weighted by atomic mass is 16.6. The molecule has 1 amide bonds. The maximum atomic E-state index is 12.4. The van der Waals surface area contributed by atoms with Crippen LogP contribution in [0.1, 0.15) is 45.4 Å². The van der Waals surface area contributed by atoms with Gasteiger partial charge in [0.05, 0.1) is 13.0 Å². The number of carbonyl (C=O) groups excluding carboxylic acids is 1. The lowest BCUT2D eigenvalue weighted by atomic mass is 9.89. The molecule has 3 atom stereocenters. The summed E-state index contributed by atoms with van der Waals surface area (Å²) in [4.78, 5) is 25.0. The Morgan fingerprint density at radius 2 is 2.05 bits per heavy atom. The minimum Gasteiger partial charge on any atom is -0.480 e. The maximum absolute atomic E-state index is 12.4. The minimum absolute atomic E-state index is 0.117. The van der Waals surface area contributed by atoms with Gasteiger partial charge in [-0.15, -0.1) is 0 Å². The largest absolute Gasteiger partial charge is 0.480 e.